The lowest BCUT2D eigenvalue weighted by atomic mass is 10.2. The minimum Gasteiger partial charge on any atom is -0.481 e. The fourth-order valence-corrected chi connectivity index (χ4v) is 1.27. The molecule has 0 saturated carbocycles. The van der Waals surface area contributed by atoms with Crippen molar-refractivity contribution < 1.29 is 14.6 Å². The van der Waals surface area contributed by atoms with Crippen LogP contribution in [0.25, 0.3) is 0 Å². The van der Waals surface area contributed by atoms with Gasteiger partial charge in [0.05, 0.1) is 18.2 Å². The molecule has 2 atom stereocenters. The first kappa shape index (κ1) is 14.0. The van der Waals surface area contributed by atoms with Gasteiger partial charge in [-0.3, -0.25) is 4.79 Å². The molecule has 96 valence electrons. The van der Waals surface area contributed by atoms with Gasteiger partial charge in [-0.2, -0.15) is 5.26 Å². The molecule has 0 fully saturated rings. The number of ether oxygens (including phenoxy) is 1. The Morgan fingerprint density at radius 2 is 2.06 bits per heavy atom. The molecule has 0 saturated heterocycles. The van der Waals surface area contributed by atoms with Gasteiger partial charge in [0.1, 0.15) is 5.75 Å². The van der Waals surface area contributed by atoms with Crippen molar-refractivity contribution in [2.24, 2.45) is 0 Å². The van der Waals surface area contributed by atoms with Crippen molar-refractivity contribution in [1.29, 1.82) is 5.26 Å². The number of rotatable bonds is 5. The highest BCUT2D eigenvalue weighted by atomic mass is 16.5. The van der Waals surface area contributed by atoms with Gasteiger partial charge >= 0.3 is 0 Å². The van der Waals surface area contributed by atoms with Crippen LogP contribution in [0.2, 0.25) is 0 Å². The second-order valence-corrected chi connectivity index (χ2v) is 3.99. The molecule has 0 aliphatic carbocycles. The Bertz CT molecular complexity index is 437. The predicted molar refractivity (Wildman–Crippen MR) is 65.9 cm³/mol. The van der Waals surface area contributed by atoms with Gasteiger partial charge in [-0.25, -0.2) is 0 Å². The first-order valence-corrected chi connectivity index (χ1v) is 5.65. The molecule has 0 heterocycles. The highest BCUT2D eigenvalue weighted by Gasteiger charge is 2.16. The van der Waals surface area contributed by atoms with Crippen molar-refractivity contribution in [3.63, 3.8) is 0 Å². The summed E-state index contributed by atoms with van der Waals surface area (Å²) in [6, 6.07) is 8.22. The molecular weight excluding hydrogens is 232 g/mol. The molecule has 0 aliphatic rings. The minimum absolute atomic E-state index is 0.116. The Kier molecular flexibility index (Phi) is 5.15. The second kappa shape index (κ2) is 6.62. The quantitative estimate of drug-likeness (QED) is 0.808. The Labute approximate surface area is 106 Å². The largest absolute Gasteiger partial charge is 0.481 e. The van der Waals surface area contributed by atoms with E-state index in [1.165, 1.54) is 0 Å². The van der Waals surface area contributed by atoms with Crippen LogP contribution in [0.15, 0.2) is 24.3 Å². The summed E-state index contributed by atoms with van der Waals surface area (Å²) in [5, 5.41) is 20.1. The van der Waals surface area contributed by atoms with E-state index >= 15 is 0 Å². The number of amides is 1. The summed E-state index contributed by atoms with van der Waals surface area (Å²) in [6.45, 7) is 3.21. The number of benzene rings is 1. The van der Waals surface area contributed by atoms with E-state index in [9.17, 15) is 4.79 Å². The maximum atomic E-state index is 11.6. The van der Waals surface area contributed by atoms with Gasteiger partial charge in [0.15, 0.2) is 6.10 Å². The van der Waals surface area contributed by atoms with Crippen molar-refractivity contribution in [3.8, 4) is 11.8 Å². The summed E-state index contributed by atoms with van der Waals surface area (Å²) in [6.07, 6.45) is -0.660. The van der Waals surface area contributed by atoms with E-state index in [2.05, 4.69) is 5.32 Å². The van der Waals surface area contributed by atoms with Crippen LogP contribution in [0.3, 0.4) is 0 Å². The lowest BCUT2D eigenvalue weighted by Gasteiger charge is -2.17. The standard InChI is InChI=1S/C13H16N2O3/c1-9(8-16)15-13(17)10(2)18-12-5-3-11(7-14)4-6-12/h3-6,9-10,16H,8H2,1-2H3,(H,15,17)/t9-,10?/m0/s1. The van der Waals surface area contributed by atoms with Crippen molar-refractivity contribution >= 4 is 5.91 Å². The molecule has 1 aromatic rings. The monoisotopic (exact) mass is 248 g/mol. The van der Waals surface area contributed by atoms with Crippen LogP contribution in [0, 0.1) is 11.3 Å². The second-order valence-electron chi connectivity index (χ2n) is 3.99. The topological polar surface area (TPSA) is 82.3 Å². The summed E-state index contributed by atoms with van der Waals surface area (Å²) in [5.74, 6) is 0.231. The fraction of sp³-hybridized carbons (Fsp3) is 0.385. The summed E-state index contributed by atoms with van der Waals surface area (Å²) < 4.78 is 5.42. The number of nitriles is 1. The maximum Gasteiger partial charge on any atom is 0.261 e. The van der Waals surface area contributed by atoms with Crippen molar-refractivity contribution in [2.75, 3.05) is 6.61 Å². The average Bonchev–Trinajstić information content (AvgIpc) is 2.39. The lowest BCUT2D eigenvalue weighted by molar-refractivity contribution is -0.128. The highest BCUT2D eigenvalue weighted by Crippen LogP contribution is 2.13. The van der Waals surface area contributed by atoms with E-state index in [1.54, 1.807) is 38.1 Å². The Morgan fingerprint density at radius 3 is 2.56 bits per heavy atom. The van der Waals surface area contributed by atoms with Gasteiger partial charge in [-0.05, 0) is 38.1 Å². The molecule has 5 heteroatoms. The normalized spacial score (nSPS) is 13.2. The smallest absolute Gasteiger partial charge is 0.261 e. The number of hydrogen-bond donors (Lipinski definition) is 2. The molecule has 0 radical (unpaired) electrons. The summed E-state index contributed by atoms with van der Waals surface area (Å²) in [5.41, 5.74) is 0.536. The third-order valence-electron chi connectivity index (χ3n) is 2.33. The molecule has 0 spiro atoms. The molecule has 2 N–H and O–H groups in total. The van der Waals surface area contributed by atoms with Gasteiger partial charge < -0.3 is 15.2 Å². The molecule has 1 amide bonds. The van der Waals surface area contributed by atoms with E-state index in [1.807, 2.05) is 6.07 Å². The molecule has 0 bridgehead atoms. The number of carbonyl (C=O) groups is 1. The molecule has 1 rings (SSSR count). The number of carbonyl (C=O) groups excluding carboxylic acids is 1. The van der Waals surface area contributed by atoms with Gasteiger partial charge in [0.25, 0.3) is 5.91 Å². The van der Waals surface area contributed by atoms with Crippen LogP contribution in [-0.2, 0) is 4.79 Å². The zero-order chi connectivity index (χ0) is 13.5. The van der Waals surface area contributed by atoms with Crippen LogP contribution in [0.1, 0.15) is 19.4 Å². The molecular formula is C13H16N2O3. The van der Waals surface area contributed by atoms with Gasteiger partial charge in [-0.15, -0.1) is 0 Å². The predicted octanol–water partition coefficient (Wildman–Crippen LogP) is 0.823. The minimum atomic E-state index is -0.660. The van der Waals surface area contributed by atoms with Crippen molar-refractivity contribution in [1.82, 2.24) is 5.32 Å². The number of nitrogens with zero attached hydrogens (tertiary/aromatic N) is 1. The van der Waals surface area contributed by atoms with Gasteiger partial charge in [0.2, 0.25) is 0 Å². The van der Waals surface area contributed by atoms with Crippen molar-refractivity contribution in [3.05, 3.63) is 29.8 Å². The first-order valence-electron chi connectivity index (χ1n) is 5.65. The van der Waals surface area contributed by atoms with Crippen molar-refractivity contribution in [2.45, 2.75) is 26.0 Å². The SMILES string of the molecule is CC(Oc1ccc(C#N)cc1)C(=O)N[C@@H](C)CO. The number of nitrogens with one attached hydrogen (secondary N) is 1. The van der Waals surface area contributed by atoms with Crippen LogP contribution < -0.4 is 10.1 Å². The Hall–Kier alpha value is -2.06. The molecule has 1 unspecified atom stereocenters. The zero-order valence-corrected chi connectivity index (χ0v) is 10.4. The first-order chi connectivity index (χ1) is 8.56. The zero-order valence-electron chi connectivity index (χ0n) is 10.4. The Balaban J connectivity index is 2.55. The highest BCUT2D eigenvalue weighted by molar-refractivity contribution is 5.80. The van der Waals surface area contributed by atoms with E-state index in [-0.39, 0.29) is 18.6 Å². The number of aliphatic hydroxyl groups is 1. The molecule has 0 aliphatic heterocycles. The van der Waals surface area contributed by atoms with E-state index < -0.39 is 6.10 Å². The molecule has 0 aromatic heterocycles. The van der Waals surface area contributed by atoms with Crippen LogP contribution in [-0.4, -0.2) is 29.8 Å². The van der Waals surface area contributed by atoms with Crippen LogP contribution in [0.5, 0.6) is 5.75 Å². The third kappa shape index (κ3) is 4.07. The summed E-state index contributed by atoms with van der Waals surface area (Å²) >= 11 is 0. The summed E-state index contributed by atoms with van der Waals surface area (Å²) in [4.78, 5) is 11.6. The van der Waals surface area contributed by atoms with Gasteiger partial charge in [0, 0.05) is 6.04 Å². The molecule has 1 aromatic carbocycles. The number of hydrogen-bond acceptors (Lipinski definition) is 4. The van der Waals surface area contributed by atoms with Crippen LogP contribution in [0.4, 0.5) is 0 Å². The molecule has 5 nitrogen and oxygen atoms in total. The maximum absolute atomic E-state index is 11.6. The van der Waals surface area contributed by atoms with Gasteiger partial charge in [-0.1, -0.05) is 0 Å². The van der Waals surface area contributed by atoms with E-state index in [0.29, 0.717) is 11.3 Å². The van der Waals surface area contributed by atoms with Crippen LogP contribution >= 0.6 is 0 Å². The fourth-order valence-electron chi connectivity index (χ4n) is 1.27. The molecule has 18 heavy (non-hydrogen) atoms. The average molecular weight is 248 g/mol. The van der Waals surface area contributed by atoms with E-state index in [4.69, 9.17) is 15.1 Å². The Morgan fingerprint density at radius 1 is 1.44 bits per heavy atom. The third-order valence-corrected chi connectivity index (χ3v) is 2.33. The number of aliphatic hydroxyl groups excluding tert-OH is 1. The van der Waals surface area contributed by atoms with E-state index in [0.717, 1.165) is 0 Å². The lowest BCUT2D eigenvalue weighted by Crippen LogP contribution is -2.42. The summed E-state index contributed by atoms with van der Waals surface area (Å²) in [7, 11) is 0.